The molecule has 0 radical (unpaired) electrons. The van der Waals surface area contributed by atoms with Crippen LogP contribution in [-0.4, -0.2) is 55.3 Å². The standard InChI is InChI=1S/C17H24N4O4.C2HF3O2/c1-24-15(22)9-12-8-11-4-5-13(10-14(11)21-16(12)23)25-7-3-2-6-20-17(18)19;3-2(4,5)1(6)7/h4-5,10,12H,2-3,6-9H2,1H3,(H,21,23)(H4,18,19,20);(H,6,7). The molecule has 1 atom stereocenters. The van der Waals surface area contributed by atoms with E-state index >= 15 is 0 Å². The van der Waals surface area contributed by atoms with Crippen LogP contribution in [-0.2, 0) is 25.5 Å². The molecule has 0 fully saturated rings. The number of anilines is 1. The number of nitrogens with zero attached hydrogens (tertiary/aromatic N) is 1. The van der Waals surface area contributed by atoms with Gasteiger partial charge in [-0.25, -0.2) is 4.79 Å². The SMILES string of the molecule is COC(=O)CC1Cc2ccc(OCCCCN=C(N)N)cc2NC1=O.O=C(O)C(F)(F)F. The summed E-state index contributed by atoms with van der Waals surface area (Å²) in [6.45, 7) is 1.12. The van der Waals surface area contributed by atoms with Crippen LogP contribution in [0.15, 0.2) is 23.2 Å². The molecule has 1 amide bonds. The Morgan fingerprint density at radius 1 is 1.28 bits per heavy atom. The number of aliphatic carboxylic acids is 1. The zero-order chi connectivity index (χ0) is 24.3. The number of ether oxygens (including phenoxy) is 2. The minimum atomic E-state index is -5.08. The van der Waals surface area contributed by atoms with Gasteiger partial charge in [-0.2, -0.15) is 13.2 Å². The predicted molar refractivity (Wildman–Crippen MR) is 108 cm³/mol. The summed E-state index contributed by atoms with van der Waals surface area (Å²) in [5.41, 5.74) is 12.2. The number of guanidine groups is 1. The van der Waals surface area contributed by atoms with Crippen LogP contribution in [0.5, 0.6) is 5.75 Å². The summed E-state index contributed by atoms with van der Waals surface area (Å²) in [4.78, 5) is 36.3. The number of halogens is 3. The fraction of sp³-hybridized carbons (Fsp3) is 0.474. The zero-order valence-corrected chi connectivity index (χ0v) is 17.3. The van der Waals surface area contributed by atoms with Crippen LogP contribution >= 0.6 is 0 Å². The molecule has 13 heteroatoms. The number of rotatable bonds is 8. The second kappa shape index (κ2) is 12.4. The van der Waals surface area contributed by atoms with Crippen LogP contribution in [0.2, 0.25) is 0 Å². The number of nitrogens with two attached hydrogens (primary N) is 2. The van der Waals surface area contributed by atoms with E-state index in [0.717, 1.165) is 24.1 Å². The molecule has 1 aromatic carbocycles. The number of methoxy groups -OCH3 is 1. The van der Waals surface area contributed by atoms with E-state index in [-0.39, 0.29) is 24.3 Å². The first-order valence-corrected chi connectivity index (χ1v) is 9.43. The third kappa shape index (κ3) is 9.53. The molecule has 1 unspecified atom stereocenters. The summed E-state index contributed by atoms with van der Waals surface area (Å²) in [7, 11) is 1.32. The van der Waals surface area contributed by atoms with E-state index in [1.807, 2.05) is 12.1 Å². The van der Waals surface area contributed by atoms with Crippen molar-refractivity contribution in [1.29, 1.82) is 0 Å². The van der Waals surface area contributed by atoms with Gasteiger partial charge in [0.15, 0.2) is 5.96 Å². The van der Waals surface area contributed by atoms with Gasteiger partial charge in [-0.3, -0.25) is 14.6 Å². The lowest BCUT2D eigenvalue weighted by Gasteiger charge is -2.24. The van der Waals surface area contributed by atoms with Crippen LogP contribution in [0.1, 0.15) is 24.8 Å². The van der Waals surface area contributed by atoms with Gasteiger partial charge in [-0.1, -0.05) is 6.07 Å². The maximum atomic E-state index is 12.1. The summed E-state index contributed by atoms with van der Waals surface area (Å²) in [5, 5.41) is 9.96. The Hall–Kier alpha value is -3.51. The van der Waals surface area contributed by atoms with Gasteiger partial charge >= 0.3 is 18.1 Å². The molecule has 1 aliphatic heterocycles. The number of unbranched alkanes of at least 4 members (excludes halogenated alkanes) is 1. The Balaban J connectivity index is 0.000000633. The minimum Gasteiger partial charge on any atom is -0.494 e. The van der Waals surface area contributed by atoms with Gasteiger partial charge in [-0.05, 0) is 30.9 Å². The highest BCUT2D eigenvalue weighted by Gasteiger charge is 2.38. The molecule has 0 spiro atoms. The molecule has 2 rings (SSSR count). The number of benzene rings is 1. The third-order valence-corrected chi connectivity index (χ3v) is 4.18. The molecule has 0 saturated carbocycles. The normalized spacial score (nSPS) is 14.8. The molecule has 6 N–H and O–H groups in total. The highest BCUT2D eigenvalue weighted by molar-refractivity contribution is 5.97. The van der Waals surface area contributed by atoms with Crippen molar-refractivity contribution in [2.24, 2.45) is 22.4 Å². The lowest BCUT2D eigenvalue weighted by atomic mass is 9.90. The number of aliphatic imine (C=N–C) groups is 1. The van der Waals surface area contributed by atoms with Crippen molar-refractivity contribution in [2.45, 2.75) is 31.9 Å². The van der Waals surface area contributed by atoms with Crippen molar-refractivity contribution in [3.8, 4) is 5.75 Å². The van der Waals surface area contributed by atoms with Crippen molar-refractivity contribution in [2.75, 3.05) is 25.6 Å². The van der Waals surface area contributed by atoms with Gasteiger partial charge in [0.2, 0.25) is 5.91 Å². The molecule has 0 aliphatic carbocycles. The number of carbonyl (C=O) groups is 3. The van der Waals surface area contributed by atoms with Crippen molar-refractivity contribution in [1.82, 2.24) is 0 Å². The smallest absolute Gasteiger partial charge is 0.490 e. The van der Waals surface area contributed by atoms with E-state index in [1.165, 1.54) is 7.11 Å². The predicted octanol–water partition coefficient (Wildman–Crippen LogP) is 1.43. The van der Waals surface area contributed by atoms with Crippen LogP contribution < -0.4 is 21.5 Å². The summed E-state index contributed by atoms with van der Waals surface area (Å²) in [5.74, 6) is -2.93. The van der Waals surface area contributed by atoms with Crippen molar-refractivity contribution >= 4 is 29.5 Å². The minimum absolute atomic E-state index is 0.0792. The molecule has 1 aliphatic rings. The molecule has 0 bridgehead atoms. The number of fused-ring (bicyclic) bond motifs is 1. The highest BCUT2D eigenvalue weighted by Crippen LogP contribution is 2.30. The Morgan fingerprint density at radius 3 is 2.50 bits per heavy atom. The number of alkyl halides is 3. The molecule has 0 saturated heterocycles. The topological polar surface area (TPSA) is 166 Å². The quantitative estimate of drug-likeness (QED) is 0.195. The van der Waals surface area contributed by atoms with E-state index < -0.39 is 18.1 Å². The maximum Gasteiger partial charge on any atom is 0.490 e. The summed E-state index contributed by atoms with van der Waals surface area (Å²) in [6, 6.07) is 5.58. The average Bonchev–Trinajstić information content (AvgIpc) is 2.70. The third-order valence-electron chi connectivity index (χ3n) is 4.18. The molecule has 1 heterocycles. The van der Waals surface area contributed by atoms with Gasteiger partial charge in [0.05, 0.1) is 26.1 Å². The number of carboxylic acids is 1. The molecular weight excluding hydrogens is 437 g/mol. The van der Waals surface area contributed by atoms with Gasteiger partial charge in [0.1, 0.15) is 5.75 Å². The fourth-order valence-corrected chi connectivity index (χ4v) is 2.59. The van der Waals surface area contributed by atoms with Gasteiger partial charge in [-0.15, -0.1) is 0 Å². The summed E-state index contributed by atoms with van der Waals surface area (Å²) >= 11 is 0. The van der Waals surface area contributed by atoms with Gasteiger partial charge in [0, 0.05) is 18.3 Å². The zero-order valence-electron chi connectivity index (χ0n) is 17.3. The number of nitrogens with one attached hydrogen (secondary N) is 1. The van der Waals surface area contributed by atoms with E-state index in [1.54, 1.807) is 6.07 Å². The van der Waals surface area contributed by atoms with Gasteiger partial charge < -0.3 is 31.4 Å². The number of esters is 1. The van der Waals surface area contributed by atoms with Crippen molar-refractivity contribution < 1.29 is 42.1 Å². The monoisotopic (exact) mass is 462 g/mol. The van der Waals surface area contributed by atoms with E-state index in [0.29, 0.717) is 25.3 Å². The first kappa shape index (κ1) is 26.5. The number of carbonyl (C=O) groups excluding carboxylic acids is 2. The highest BCUT2D eigenvalue weighted by atomic mass is 19.4. The van der Waals surface area contributed by atoms with Crippen LogP contribution in [0.25, 0.3) is 0 Å². The number of amides is 1. The van der Waals surface area contributed by atoms with Gasteiger partial charge in [0.25, 0.3) is 0 Å². The Kier molecular flexibility index (Phi) is 10.3. The molecule has 32 heavy (non-hydrogen) atoms. The van der Waals surface area contributed by atoms with E-state index in [4.69, 9.17) is 26.1 Å². The summed E-state index contributed by atoms with van der Waals surface area (Å²) < 4.78 is 42.1. The Bertz CT molecular complexity index is 841. The first-order chi connectivity index (χ1) is 14.9. The summed E-state index contributed by atoms with van der Waals surface area (Å²) in [6.07, 6.45) is -2.85. The molecule has 0 aromatic heterocycles. The average molecular weight is 462 g/mol. The Labute approximate surface area is 181 Å². The molecule has 178 valence electrons. The number of carboxylic acid groups (broad SMARTS) is 1. The maximum absolute atomic E-state index is 12.1. The van der Waals surface area contributed by atoms with Crippen LogP contribution in [0, 0.1) is 5.92 Å². The lowest BCUT2D eigenvalue weighted by Crippen LogP contribution is -2.31. The van der Waals surface area contributed by atoms with Crippen LogP contribution in [0.4, 0.5) is 18.9 Å². The van der Waals surface area contributed by atoms with Crippen molar-refractivity contribution in [3.05, 3.63) is 23.8 Å². The van der Waals surface area contributed by atoms with Crippen LogP contribution in [0.3, 0.4) is 0 Å². The van der Waals surface area contributed by atoms with E-state index in [2.05, 4.69) is 15.0 Å². The fourth-order valence-electron chi connectivity index (χ4n) is 2.59. The van der Waals surface area contributed by atoms with Crippen molar-refractivity contribution in [3.63, 3.8) is 0 Å². The molecular formula is C19H25F3N4O6. The number of hydrogen-bond acceptors (Lipinski definition) is 6. The lowest BCUT2D eigenvalue weighted by molar-refractivity contribution is -0.192. The molecule has 1 aromatic rings. The number of hydrogen-bond donors (Lipinski definition) is 4. The second-order valence-electron chi connectivity index (χ2n) is 6.65. The second-order valence-corrected chi connectivity index (χ2v) is 6.65. The Morgan fingerprint density at radius 2 is 1.94 bits per heavy atom. The first-order valence-electron chi connectivity index (χ1n) is 9.43. The van der Waals surface area contributed by atoms with E-state index in [9.17, 15) is 22.8 Å². The largest absolute Gasteiger partial charge is 0.494 e. The molecule has 10 nitrogen and oxygen atoms in total.